The Labute approximate surface area is 159 Å². The quantitative estimate of drug-likeness (QED) is 0.523. The summed E-state index contributed by atoms with van der Waals surface area (Å²) in [4.78, 5) is 28.0. The molecule has 0 radical (unpaired) electrons. The highest BCUT2D eigenvalue weighted by Crippen LogP contribution is 2.26. The molecule has 1 heterocycles. The van der Waals surface area contributed by atoms with Crippen molar-refractivity contribution in [1.82, 2.24) is 4.98 Å². The lowest BCUT2D eigenvalue weighted by Gasteiger charge is -2.18. The van der Waals surface area contributed by atoms with Crippen molar-refractivity contribution in [3.8, 4) is 0 Å². The maximum atomic E-state index is 12.9. The van der Waals surface area contributed by atoms with Gasteiger partial charge < -0.3 is 15.6 Å². The molecule has 2 aromatic carbocycles. The van der Waals surface area contributed by atoms with Crippen LogP contribution < -0.4 is 10.6 Å². The Morgan fingerprint density at radius 1 is 1.07 bits per heavy atom. The van der Waals surface area contributed by atoms with Crippen molar-refractivity contribution in [2.75, 3.05) is 10.6 Å². The van der Waals surface area contributed by atoms with Gasteiger partial charge in [0.2, 0.25) is 5.91 Å². The first kappa shape index (κ1) is 18.7. The zero-order valence-electron chi connectivity index (χ0n) is 15.9. The van der Waals surface area contributed by atoms with Crippen LogP contribution in [0.3, 0.4) is 0 Å². The van der Waals surface area contributed by atoms with Gasteiger partial charge in [-0.05, 0) is 44.0 Å². The number of hydrogen-bond acceptors (Lipinski definition) is 3. The molecule has 0 saturated carbocycles. The number of aromatic nitrogens is 1. The Morgan fingerprint density at radius 3 is 2.59 bits per heavy atom. The minimum atomic E-state index is -0.399. The van der Waals surface area contributed by atoms with E-state index in [0.29, 0.717) is 12.0 Å². The van der Waals surface area contributed by atoms with Crippen LogP contribution in [0.4, 0.5) is 11.4 Å². The molecule has 0 aliphatic rings. The monoisotopic (exact) mass is 363 g/mol. The maximum absolute atomic E-state index is 12.9. The second kappa shape index (κ2) is 8.08. The predicted octanol–water partition coefficient (Wildman–Crippen LogP) is 4.90. The molecule has 140 valence electrons. The van der Waals surface area contributed by atoms with E-state index in [9.17, 15) is 9.59 Å². The second-order valence-electron chi connectivity index (χ2n) is 6.75. The molecule has 5 nitrogen and oxygen atoms in total. The normalized spacial score (nSPS) is 12.0. The molecule has 1 amide bonds. The summed E-state index contributed by atoms with van der Waals surface area (Å²) in [7, 11) is 0. The van der Waals surface area contributed by atoms with Gasteiger partial charge in [-0.25, -0.2) is 0 Å². The number of hydrogen-bond donors (Lipinski definition) is 3. The third-order valence-electron chi connectivity index (χ3n) is 4.70. The van der Waals surface area contributed by atoms with Crippen molar-refractivity contribution in [2.45, 2.75) is 39.7 Å². The SMILES string of the molecule is CCCC(=O)Nc1cccc(NC(C)C(=O)c2c[nH]c3ccccc23)c1C. The average Bonchev–Trinajstić information content (AvgIpc) is 3.08. The van der Waals surface area contributed by atoms with Crippen molar-refractivity contribution in [3.63, 3.8) is 0 Å². The first-order valence-electron chi connectivity index (χ1n) is 9.27. The Kier molecular flexibility index (Phi) is 5.60. The third-order valence-corrected chi connectivity index (χ3v) is 4.70. The fourth-order valence-corrected chi connectivity index (χ4v) is 3.17. The fourth-order valence-electron chi connectivity index (χ4n) is 3.17. The number of H-pyrrole nitrogens is 1. The highest BCUT2D eigenvalue weighted by Gasteiger charge is 2.19. The largest absolute Gasteiger partial charge is 0.375 e. The average molecular weight is 363 g/mol. The molecule has 3 rings (SSSR count). The van der Waals surface area contributed by atoms with Crippen molar-refractivity contribution < 1.29 is 9.59 Å². The first-order valence-corrected chi connectivity index (χ1v) is 9.27. The van der Waals surface area contributed by atoms with Gasteiger partial charge in [0, 0.05) is 40.5 Å². The Hall–Kier alpha value is -3.08. The summed E-state index contributed by atoms with van der Waals surface area (Å²) in [6.07, 6.45) is 3.06. The number of ketones is 1. The van der Waals surface area contributed by atoms with Gasteiger partial charge in [0.05, 0.1) is 6.04 Å². The summed E-state index contributed by atoms with van der Waals surface area (Å²) in [5.74, 6) is 0.0212. The van der Waals surface area contributed by atoms with Crippen molar-refractivity contribution in [2.24, 2.45) is 0 Å². The molecule has 5 heteroatoms. The van der Waals surface area contributed by atoms with E-state index in [-0.39, 0.29) is 11.7 Å². The van der Waals surface area contributed by atoms with Crippen LogP contribution >= 0.6 is 0 Å². The zero-order chi connectivity index (χ0) is 19.4. The molecule has 0 aliphatic heterocycles. The summed E-state index contributed by atoms with van der Waals surface area (Å²) in [6, 6.07) is 13.0. The topological polar surface area (TPSA) is 74.0 Å². The van der Waals surface area contributed by atoms with E-state index in [2.05, 4.69) is 15.6 Å². The first-order chi connectivity index (χ1) is 13.0. The predicted molar refractivity (Wildman–Crippen MR) is 110 cm³/mol. The van der Waals surface area contributed by atoms with Crippen LogP contribution in [-0.2, 0) is 4.79 Å². The number of carbonyl (C=O) groups is 2. The molecule has 3 aromatic rings. The highest BCUT2D eigenvalue weighted by atomic mass is 16.1. The molecule has 0 spiro atoms. The maximum Gasteiger partial charge on any atom is 0.224 e. The number of Topliss-reactive ketones (excluding diaryl/α,β-unsaturated/α-hetero) is 1. The second-order valence-corrected chi connectivity index (χ2v) is 6.75. The summed E-state index contributed by atoms with van der Waals surface area (Å²) in [5, 5.41) is 7.16. The highest BCUT2D eigenvalue weighted by molar-refractivity contribution is 6.11. The number of carbonyl (C=O) groups excluding carboxylic acids is 2. The number of aromatic amines is 1. The molecular formula is C22H25N3O2. The van der Waals surface area contributed by atoms with Crippen LogP contribution in [0.25, 0.3) is 10.9 Å². The number of para-hydroxylation sites is 1. The van der Waals surface area contributed by atoms with Gasteiger partial charge >= 0.3 is 0 Å². The fraction of sp³-hybridized carbons (Fsp3) is 0.273. The Bertz CT molecular complexity index is 975. The molecule has 3 N–H and O–H groups in total. The zero-order valence-corrected chi connectivity index (χ0v) is 15.9. The third kappa shape index (κ3) is 4.03. The smallest absolute Gasteiger partial charge is 0.224 e. The van der Waals surface area contributed by atoms with E-state index >= 15 is 0 Å². The van der Waals surface area contributed by atoms with E-state index in [1.54, 1.807) is 6.20 Å². The van der Waals surface area contributed by atoms with Gasteiger partial charge in [0.25, 0.3) is 0 Å². The van der Waals surface area contributed by atoms with Gasteiger partial charge in [-0.3, -0.25) is 9.59 Å². The Balaban J connectivity index is 1.78. The van der Waals surface area contributed by atoms with Gasteiger partial charge in [-0.2, -0.15) is 0 Å². The summed E-state index contributed by atoms with van der Waals surface area (Å²) >= 11 is 0. The van der Waals surface area contributed by atoms with Gasteiger partial charge in [-0.1, -0.05) is 31.2 Å². The van der Waals surface area contributed by atoms with Crippen LogP contribution in [-0.4, -0.2) is 22.7 Å². The Morgan fingerprint density at radius 2 is 1.81 bits per heavy atom. The van der Waals surface area contributed by atoms with Crippen LogP contribution in [0.1, 0.15) is 42.6 Å². The van der Waals surface area contributed by atoms with Gasteiger partial charge in [0.1, 0.15) is 0 Å². The molecule has 0 saturated heterocycles. The lowest BCUT2D eigenvalue weighted by Crippen LogP contribution is -2.26. The molecule has 1 atom stereocenters. The number of amides is 1. The van der Waals surface area contributed by atoms with E-state index in [4.69, 9.17) is 0 Å². The number of rotatable bonds is 7. The van der Waals surface area contributed by atoms with E-state index in [1.165, 1.54) is 0 Å². The number of fused-ring (bicyclic) bond motifs is 1. The van der Waals surface area contributed by atoms with Crippen LogP contribution in [0.5, 0.6) is 0 Å². The minimum Gasteiger partial charge on any atom is -0.375 e. The molecule has 1 unspecified atom stereocenters. The molecule has 27 heavy (non-hydrogen) atoms. The van der Waals surface area contributed by atoms with Crippen molar-refractivity contribution in [1.29, 1.82) is 0 Å². The van der Waals surface area contributed by atoms with Crippen LogP contribution in [0.15, 0.2) is 48.7 Å². The molecular weight excluding hydrogens is 338 g/mol. The van der Waals surface area contributed by atoms with Gasteiger partial charge in [-0.15, -0.1) is 0 Å². The van der Waals surface area contributed by atoms with Crippen LogP contribution in [0, 0.1) is 6.92 Å². The van der Waals surface area contributed by atoms with E-state index < -0.39 is 6.04 Å². The number of anilines is 2. The lowest BCUT2D eigenvalue weighted by molar-refractivity contribution is -0.116. The molecule has 1 aromatic heterocycles. The molecule has 0 aliphatic carbocycles. The van der Waals surface area contributed by atoms with Gasteiger partial charge in [0.15, 0.2) is 5.78 Å². The minimum absolute atomic E-state index is 0.000618. The van der Waals surface area contributed by atoms with E-state index in [1.807, 2.05) is 63.2 Å². The number of nitrogens with one attached hydrogen (secondary N) is 3. The van der Waals surface area contributed by atoms with Crippen molar-refractivity contribution in [3.05, 3.63) is 59.8 Å². The number of benzene rings is 2. The van der Waals surface area contributed by atoms with E-state index in [0.717, 1.165) is 34.3 Å². The van der Waals surface area contributed by atoms with Crippen molar-refractivity contribution >= 4 is 34.0 Å². The standard InChI is InChI=1S/C22H25N3O2/c1-4-8-21(26)25-19-12-7-11-18(14(19)2)24-15(3)22(27)17-13-23-20-10-6-5-9-16(17)20/h5-7,9-13,15,23-24H,4,8H2,1-3H3,(H,25,26). The molecule has 0 fully saturated rings. The molecule has 0 bridgehead atoms. The van der Waals surface area contributed by atoms with Crippen LogP contribution in [0.2, 0.25) is 0 Å². The summed E-state index contributed by atoms with van der Waals surface area (Å²) < 4.78 is 0. The summed E-state index contributed by atoms with van der Waals surface area (Å²) in [6.45, 7) is 5.76. The lowest BCUT2D eigenvalue weighted by atomic mass is 10.0. The summed E-state index contributed by atoms with van der Waals surface area (Å²) in [5.41, 5.74) is 4.15.